The summed E-state index contributed by atoms with van der Waals surface area (Å²) in [5.74, 6) is -0.833. The second-order valence-electron chi connectivity index (χ2n) is 7.50. The van der Waals surface area contributed by atoms with Crippen LogP contribution in [-0.4, -0.2) is 61.1 Å². The first-order chi connectivity index (χ1) is 14.7. The van der Waals surface area contributed by atoms with E-state index >= 15 is 0 Å². The van der Waals surface area contributed by atoms with Crippen molar-refractivity contribution >= 4 is 29.4 Å². The van der Waals surface area contributed by atoms with Crippen molar-refractivity contribution in [3.05, 3.63) is 42.3 Å². The molecule has 1 saturated heterocycles. The van der Waals surface area contributed by atoms with Gasteiger partial charge in [0.15, 0.2) is 0 Å². The number of nitrogens with zero attached hydrogens (tertiary/aromatic N) is 3. The highest BCUT2D eigenvalue weighted by molar-refractivity contribution is 5.92. The van der Waals surface area contributed by atoms with Gasteiger partial charge < -0.3 is 20.7 Å². The zero-order valence-electron chi connectivity index (χ0n) is 17.3. The number of ether oxygens (including phenoxy) is 1. The van der Waals surface area contributed by atoms with E-state index in [1.165, 1.54) is 17.2 Å². The van der Waals surface area contributed by atoms with Crippen molar-refractivity contribution < 1.29 is 23.5 Å². The van der Waals surface area contributed by atoms with E-state index in [2.05, 4.69) is 10.3 Å². The fourth-order valence-electron chi connectivity index (χ4n) is 3.19. The monoisotopic (exact) mass is 429 g/mol. The number of cyclic esters (lactones) is 1. The number of hydrogen-bond donors (Lipinski definition) is 2. The summed E-state index contributed by atoms with van der Waals surface area (Å²) in [7, 11) is 3.57. The lowest BCUT2D eigenvalue weighted by atomic mass is 10.1. The Morgan fingerprint density at radius 1 is 1.32 bits per heavy atom. The molecular formula is C21H24FN5O4. The summed E-state index contributed by atoms with van der Waals surface area (Å²) in [5, 5.41) is 2.67. The summed E-state index contributed by atoms with van der Waals surface area (Å²) in [6, 6.07) is 7.66. The molecule has 3 N–H and O–H groups in total. The number of pyridine rings is 1. The number of carbonyl (C=O) groups excluding carboxylic acids is 3. The minimum atomic E-state index is -0.596. The molecule has 1 aromatic heterocycles. The number of rotatable bonds is 8. The second kappa shape index (κ2) is 9.52. The number of likely N-dealkylation sites (N-methyl/N-ethyl adjacent to an activating group) is 1. The van der Waals surface area contributed by atoms with Crippen LogP contribution in [-0.2, 0) is 14.3 Å². The van der Waals surface area contributed by atoms with Crippen molar-refractivity contribution in [2.45, 2.75) is 18.9 Å². The van der Waals surface area contributed by atoms with Gasteiger partial charge in [-0.3, -0.25) is 14.5 Å². The molecule has 10 heteroatoms. The van der Waals surface area contributed by atoms with E-state index in [1.807, 2.05) is 0 Å². The van der Waals surface area contributed by atoms with Gasteiger partial charge in [-0.05, 0) is 50.8 Å². The van der Waals surface area contributed by atoms with Crippen molar-refractivity contribution in [2.75, 3.05) is 37.4 Å². The van der Waals surface area contributed by atoms with E-state index < -0.39 is 23.9 Å². The predicted molar refractivity (Wildman–Crippen MR) is 113 cm³/mol. The zero-order valence-corrected chi connectivity index (χ0v) is 17.3. The quantitative estimate of drug-likeness (QED) is 0.663. The van der Waals surface area contributed by atoms with Crippen LogP contribution in [0.15, 0.2) is 36.5 Å². The molecule has 1 aliphatic heterocycles. The maximum atomic E-state index is 14.8. The SMILES string of the molecule is CN(C)CC(=O)Nc1ccc(-c2ccc(N3CC(CCC(N)=O)OC3=O)cc2F)cn1. The maximum absolute atomic E-state index is 14.8. The molecule has 1 unspecified atom stereocenters. The van der Waals surface area contributed by atoms with Gasteiger partial charge in [-0.25, -0.2) is 14.2 Å². The van der Waals surface area contributed by atoms with Gasteiger partial charge in [-0.15, -0.1) is 0 Å². The summed E-state index contributed by atoms with van der Waals surface area (Å²) >= 11 is 0. The Kier molecular flexibility index (Phi) is 6.81. The molecule has 0 spiro atoms. The highest BCUT2D eigenvalue weighted by Crippen LogP contribution is 2.29. The number of halogens is 1. The van der Waals surface area contributed by atoms with Gasteiger partial charge in [0.2, 0.25) is 11.8 Å². The Balaban J connectivity index is 1.69. The van der Waals surface area contributed by atoms with Gasteiger partial charge in [0.05, 0.1) is 18.8 Å². The molecule has 164 valence electrons. The number of aromatic nitrogens is 1. The fourth-order valence-corrected chi connectivity index (χ4v) is 3.19. The largest absolute Gasteiger partial charge is 0.444 e. The average molecular weight is 429 g/mol. The van der Waals surface area contributed by atoms with E-state index in [9.17, 15) is 18.8 Å². The molecule has 0 saturated carbocycles. The summed E-state index contributed by atoms with van der Waals surface area (Å²) in [5.41, 5.74) is 6.31. The first-order valence-corrected chi connectivity index (χ1v) is 9.70. The molecule has 31 heavy (non-hydrogen) atoms. The molecule has 1 aliphatic rings. The lowest BCUT2D eigenvalue weighted by molar-refractivity contribution is -0.118. The Bertz CT molecular complexity index is 980. The molecule has 0 bridgehead atoms. The fraction of sp³-hybridized carbons (Fsp3) is 0.333. The molecule has 9 nitrogen and oxygen atoms in total. The molecular weight excluding hydrogens is 405 g/mol. The number of nitrogens with one attached hydrogen (secondary N) is 1. The van der Waals surface area contributed by atoms with Gasteiger partial charge in [0.1, 0.15) is 17.7 Å². The summed E-state index contributed by atoms with van der Waals surface area (Å²) in [6.45, 7) is 0.440. The molecule has 0 radical (unpaired) electrons. The van der Waals surface area contributed by atoms with Gasteiger partial charge in [-0.1, -0.05) is 0 Å². The van der Waals surface area contributed by atoms with Gasteiger partial charge in [0, 0.05) is 23.7 Å². The summed E-state index contributed by atoms with van der Waals surface area (Å²) in [4.78, 5) is 42.0. The van der Waals surface area contributed by atoms with Crippen LogP contribution >= 0.6 is 0 Å². The van der Waals surface area contributed by atoms with Crippen LogP contribution in [0.3, 0.4) is 0 Å². The van der Waals surface area contributed by atoms with Gasteiger partial charge in [-0.2, -0.15) is 0 Å². The van der Waals surface area contributed by atoms with Crippen LogP contribution in [0.4, 0.5) is 20.7 Å². The molecule has 1 aromatic carbocycles. The third kappa shape index (κ3) is 5.76. The van der Waals surface area contributed by atoms with Crippen LogP contribution in [0.2, 0.25) is 0 Å². The lowest BCUT2D eigenvalue weighted by Gasteiger charge is -2.14. The molecule has 3 rings (SSSR count). The van der Waals surface area contributed by atoms with E-state index in [0.29, 0.717) is 29.1 Å². The highest BCUT2D eigenvalue weighted by Gasteiger charge is 2.32. The number of nitrogens with two attached hydrogens (primary N) is 1. The van der Waals surface area contributed by atoms with Crippen LogP contribution in [0, 0.1) is 5.82 Å². The molecule has 2 aromatic rings. The third-order valence-electron chi connectivity index (χ3n) is 4.65. The van der Waals surface area contributed by atoms with Gasteiger partial charge >= 0.3 is 6.09 Å². The second-order valence-corrected chi connectivity index (χ2v) is 7.50. The van der Waals surface area contributed by atoms with E-state index in [0.717, 1.165) is 0 Å². The molecule has 1 fully saturated rings. The van der Waals surface area contributed by atoms with Gasteiger partial charge in [0.25, 0.3) is 0 Å². The number of carbonyl (C=O) groups is 3. The molecule has 1 atom stereocenters. The van der Waals surface area contributed by atoms with Crippen LogP contribution < -0.4 is 16.0 Å². The number of benzene rings is 1. The van der Waals surface area contributed by atoms with E-state index in [4.69, 9.17) is 10.5 Å². The maximum Gasteiger partial charge on any atom is 0.414 e. The number of amides is 3. The zero-order chi connectivity index (χ0) is 22.5. The Morgan fingerprint density at radius 3 is 2.71 bits per heavy atom. The van der Waals surface area contributed by atoms with Crippen molar-refractivity contribution in [3.63, 3.8) is 0 Å². The third-order valence-corrected chi connectivity index (χ3v) is 4.65. The topological polar surface area (TPSA) is 118 Å². The normalized spacial score (nSPS) is 15.8. The average Bonchev–Trinajstić information content (AvgIpc) is 3.07. The van der Waals surface area contributed by atoms with E-state index in [-0.39, 0.29) is 25.4 Å². The predicted octanol–water partition coefficient (Wildman–Crippen LogP) is 1.98. The number of hydrogen-bond acceptors (Lipinski definition) is 6. The minimum Gasteiger partial charge on any atom is -0.444 e. The highest BCUT2D eigenvalue weighted by atomic mass is 19.1. The number of primary amides is 1. The van der Waals surface area contributed by atoms with Crippen molar-refractivity contribution in [2.24, 2.45) is 5.73 Å². The lowest BCUT2D eigenvalue weighted by Crippen LogP contribution is -2.27. The Hall–Kier alpha value is -3.53. The summed E-state index contributed by atoms with van der Waals surface area (Å²) in [6.07, 6.45) is 0.829. The first kappa shape index (κ1) is 22.2. The van der Waals surface area contributed by atoms with Crippen molar-refractivity contribution in [1.29, 1.82) is 0 Å². The van der Waals surface area contributed by atoms with Crippen LogP contribution in [0.1, 0.15) is 12.8 Å². The van der Waals surface area contributed by atoms with E-state index in [1.54, 1.807) is 43.3 Å². The van der Waals surface area contributed by atoms with Crippen molar-refractivity contribution in [1.82, 2.24) is 9.88 Å². The smallest absolute Gasteiger partial charge is 0.414 e. The first-order valence-electron chi connectivity index (χ1n) is 9.70. The molecule has 0 aliphatic carbocycles. The standard InChI is InChI=1S/C21H24FN5O4/c1-26(2)12-20(29)25-19-8-3-13(10-24-19)16-6-4-14(9-17(16)22)27-11-15(31-21(27)30)5-7-18(23)28/h3-4,6,8-10,15H,5,7,11-12H2,1-2H3,(H2,23,28)(H,24,25,29). The minimum absolute atomic E-state index is 0.109. The molecule has 3 amide bonds. The Morgan fingerprint density at radius 2 is 2.10 bits per heavy atom. The molecule has 2 heterocycles. The Labute approximate surface area is 179 Å². The number of anilines is 2. The van der Waals surface area contributed by atoms with Crippen LogP contribution in [0.5, 0.6) is 0 Å². The van der Waals surface area contributed by atoms with Crippen molar-refractivity contribution in [3.8, 4) is 11.1 Å². The van der Waals surface area contributed by atoms with Crippen LogP contribution in [0.25, 0.3) is 11.1 Å². The summed E-state index contributed by atoms with van der Waals surface area (Å²) < 4.78 is 20.0.